The molecule has 1 N–H and O–H groups in total. The van der Waals surface area contributed by atoms with Crippen LogP contribution in [0.3, 0.4) is 0 Å². The predicted molar refractivity (Wildman–Crippen MR) is 77.8 cm³/mol. The van der Waals surface area contributed by atoms with Crippen molar-refractivity contribution >= 4 is 10.8 Å². The van der Waals surface area contributed by atoms with Crippen LogP contribution in [0, 0.1) is 0 Å². The average Bonchev–Trinajstić information content (AvgIpc) is 2.43. The number of nitrogens with zero attached hydrogens (tertiary/aromatic N) is 1. The van der Waals surface area contributed by atoms with Gasteiger partial charge in [-0.3, -0.25) is 4.98 Å². The van der Waals surface area contributed by atoms with Crippen molar-refractivity contribution in [1.82, 2.24) is 10.3 Å². The van der Waals surface area contributed by atoms with Crippen LogP contribution in [0.5, 0.6) is 0 Å². The Morgan fingerprint density at radius 1 is 1.22 bits per heavy atom. The fraction of sp³-hybridized carbons (Fsp3) is 0.438. The van der Waals surface area contributed by atoms with E-state index in [0.717, 1.165) is 13.0 Å². The van der Waals surface area contributed by atoms with Crippen LogP contribution in [0.1, 0.15) is 32.3 Å². The van der Waals surface area contributed by atoms with Gasteiger partial charge >= 0.3 is 0 Å². The lowest BCUT2D eigenvalue weighted by molar-refractivity contribution is 0.481. The minimum atomic E-state index is 0.627. The molecule has 2 heteroatoms. The second-order valence-corrected chi connectivity index (χ2v) is 4.72. The van der Waals surface area contributed by atoms with Gasteiger partial charge in [0.25, 0.3) is 0 Å². The molecule has 0 radical (unpaired) electrons. The Morgan fingerprint density at radius 3 is 2.89 bits per heavy atom. The lowest BCUT2D eigenvalue weighted by Crippen LogP contribution is -2.28. The maximum absolute atomic E-state index is 4.24. The van der Waals surface area contributed by atoms with Crippen molar-refractivity contribution in [3.8, 4) is 0 Å². The molecule has 0 spiro atoms. The van der Waals surface area contributed by atoms with Gasteiger partial charge in [-0.25, -0.2) is 0 Å². The fourth-order valence-electron chi connectivity index (χ4n) is 2.46. The maximum atomic E-state index is 4.24. The Morgan fingerprint density at radius 2 is 2.11 bits per heavy atom. The highest BCUT2D eigenvalue weighted by atomic mass is 14.9. The van der Waals surface area contributed by atoms with Gasteiger partial charge in [-0.2, -0.15) is 0 Å². The zero-order chi connectivity index (χ0) is 12.8. The molecule has 2 aromatic rings. The third kappa shape index (κ3) is 3.08. The van der Waals surface area contributed by atoms with Gasteiger partial charge in [0, 0.05) is 23.8 Å². The van der Waals surface area contributed by atoms with Gasteiger partial charge < -0.3 is 5.32 Å². The van der Waals surface area contributed by atoms with Crippen LogP contribution >= 0.6 is 0 Å². The summed E-state index contributed by atoms with van der Waals surface area (Å²) in [7, 11) is 0. The number of nitrogens with one attached hydrogen (secondary N) is 1. The molecule has 0 aliphatic rings. The van der Waals surface area contributed by atoms with Crippen molar-refractivity contribution in [2.24, 2.45) is 0 Å². The van der Waals surface area contributed by atoms with Gasteiger partial charge in [-0.15, -0.1) is 0 Å². The normalized spacial score (nSPS) is 12.8. The molecular formula is C16H22N2. The molecule has 2 rings (SSSR count). The van der Waals surface area contributed by atoms with E-state index < -0.39 is 0 Å². The zero-order valence-electron chi connectivity index (χ0n) is 11.3. The van der Waals surface area contributed by atoms with E-state index in [1.807, 2.05) is 12.4 Å². The number of aryl methyl sites for hydroxylation is 1. The number of benzene rings is 1. The highest BCUT2D eigenvalue weighted by Gasteiger charge is 2.06. The van der Waals surface area contributed by atoms with Gasteiger partial charge in [0.2, 0.25) is 0 Å². The topological polar surface area (TPSA) is 24.9 Å². The second kappa shape index (κ2) is 6.50. The molecule has 0 saturated heterocycles. The van der Waals surface area contributed by atoms with Crippen LogP contribution in [-0.2, 0) is 6.42 Å². The first-order chi connectivity index (χ1) is 8.85. The molecule has 1 atom stereocenters. The Hall–Kier alpha value is -1.41. The third-order valence-corrected chi connectivity index (χ3v) is 3.52. The molecule has 0 bridgehead atoms. The lowest BCUT2D eigenvalue weighted by atomic mass is 9.99. The molecule has 18 heavy (non-hydrogen) atoms. The van der Waals surface area contributed by atoms with Gasteiger partial charge in [-0.05, 0) is 42.8 Å². The quantitative estimate of drug-likeness (QED) is 0.838. The summed E-state index contributed by atoms with van der Waals surface area (Å²) >= 11 is 0. The van der Waals surface area contributed by atoms with Crippen molar-refractivity contribution in [3.05, 3.63) is 42.2 Å². The molecule has 0 amide bonds. The van der Waals surface area contributed by atoms with Crippen LogP contribution in [-0.4, -0.2) is 17.6 Å². The molecule has 1 heterocycles. The van der Waals surface area contributed by atoms with Crippen molar-refractivity contribution in [2.75, 3.05) is 6.54 Å². The van der Waals surface area contributed by atoms with Crippen LogP contribution in [0.2, 0.25) is 0 Å². The van der Waals surface area contributed by atoms with Gasteiger partial charge in [-0.1, -0.05) is 32.0 Å². The summed E-state index contributed by atoms with van der Waals surface area (Å²) in [4.78, 5) is 4.24. The average molecular weight is 242 g/mol. The number of aromatic nitrogens is 1. The standard InChI is InChI=1S/C16H22N2/c1-3-15(18-4-2)9-8-13-6-5-7-14-10-11-17-12-16(13)14/h5-7,10-12,15,18H,3-4,8-9H2,1-2H3. The summed E-state index contributed by atoms with van der Waals surface area (Å²) in [5.74, 6) is 0. The summed E-state index contributed by atoms with van der Waals surface area (Å²) in [5, 5.41) is 6.12. The van der Waals surface area contributed by atoms with E-state index in [2.05, 4.69) is 48.4 Å². The summed E-state index contributed by atoms with van der Waals surface area (Å²) in [6, 6.07) is 9.24. The monoisotopic (exact) mass is 242 g/mol. The lowest BCUT2D eigenvalue weighted by Gasteiger charge is -2.16. The minimum Gasteiger partial charge on any atom is -0.314 e. The Bertz CT molecular complexity index is 488. The van der Waals surface area contributed by atoms with Crippen molar-refractivity contribution < 1.29 is 0 Å². The van der Waals surface area contributed by atoms with Crippen LogP contribution in [0.4, 0.5) is 0 Å². The van der Waals surface area contributed by atoms with Gasteiger partial charge in [0.05, 0.1) is 0 Å². The molecule has 2 nitrogen and oxygen atoms in total. The van der Waals surface area contributed by atoms with Crippen LogP contribution in [0.25, 0.3) is 10.8 Å². The summed E-state index contributed by atoms with van der Waals surface area (Å²) < 4.78 is 0. The van der Waals surface area contributed by atoms with E-state index in [1.54, 1.807) is 0 Å². The predicted octanol–water partition coefficient (Wildman–Crippen LogP) is 3.56. The van der Waals surface area contributed by atoms with Crippen molar-refractivity contribution in [2.45, 2.75) is 39.2 Å². The highest BCUT2D eigenvalue weighted by Crippen LogP contribution is 2.19. The second-order valence-electron chi connectivity index (χ2n) is 4.72. The molecule has 0 fully saturated rings. The van der Waals surface area contributed by atoms with Crippen molar-refractivity contribution in [1.29, 1.82) is 0 Å². The maximum Gasteiger partial charge on any atom is 0.0349 e. The summed E-state index contributed by atoms with van der Waals surface area (Å²) in [6.07, 6.45) is 7.35. The molecule has 0 aliphatic carbocycles. The highest BCUT2D eigenvalue weighted by molar-refractivity contribution is 5.84. The van der Waals surface area contributed by atoms with Crippen LogP contribution < -0.4 is 5.32 Å². The van der Waals surface area contributed by atoms with E-state index in [-0.39, 0.29) is 0 Å². The first-order valence-electron chi connectivity index (χ1n) is 6.90. The molecule has 1 aromatic heterocycles. The number of rotatable bonds is 6. The smallest absolute Gasteiger partial charge is 0.0349 e. The van der Waals surface area contributed by atoms with E-state index in [4.69, 9.17) is 0 Å². The fourth-order valence-corrected chi connectivity index (χ4v) is 2.46. The first kappa shape index (κ1) is 13.0. The molecule has 1 unspecified atom stereocenters. The van der Waals surface area contributed by atoms with Gasteiger partial charge in [0.1, 0.15) is 0 Å². The molecule has 1 aromatic carbocycles. The van der Waals surface area contributed by atoms with E-state index in [9.17, 15) is 0 Å². The Kier molecular flexibility index (Phi) is 4.71. The first-order valence-corrected chi connectivity index (χ1v) is 6.90. The van der Waals surface area contributed by atoms with E-state index in [0.29, 0.717) is 6.04 Å². The van der Waals surface area contributed by atoms with E-state index >= 15 is 0 Å². The van der Waals surface area contributed by atoms with Crippen LogP contribution in [0.15, 0.2) is 36.7 Å². The minimum absolute atomic E-state index is 0.627. The van der Waals surface area contributed by atoms with Gasteiger partial charge in [0.15, 0.2) is 0 Å². The third-order valence-electron chi connectivity index (χ3n) is 3.52. The zero-order valence-corrected chi connectivity index (χ0v) is 11.3. The Balaban J connectivity index is 2.11. The van der Waals surface area contributed by atoms with Crippen molar-refractivity contribution in [3.63, 3.8) is 0 Å². The Labute approximate surface area is 109 Å². The molecular weight excluding hydrogens is 220 g/mol. The number of hydrogen-bond acceptors (Lipinski definition) is 2. The number of pyridine rings is 1. The summed E-state index contributed by atoms with van der Waals surface area (Å²) in [6.45, 7) is 5.47. The molecule has 0 saturated carbocycles. The molecule has 96 valence electrons. The SMILES string of the molecule is CCNC(CC)CCc1cccc2ccncc12. The number of hydrogen-bond donors (Lipinski definition) is 1. The molecule has 0 aliphatic heterocycles. The largest absolute Gasteiger partial charge is 0.314 e. The number of fused-ring (bicyclic) bond motifs is 1. The summed E-state index contributed by atoms with van der Waals surface area (Å²) in [5.41, 5.74) is 1.41. The van der Waals surface area contributed by atoms with E-state index in [1.165, 1.54) is 29.2 Å².